The molecule has 0 spiro atoms. The number of hydrogen-bond acceptors (Lipinski definition) is 4. The molecule has 0 saturated heterocycles. The molecule has 16 heavy (non-hydrogen) atoms. The highest BCUT2D eigenvalue weighted by Gasteiger charge is 2.47. The SMILES string of the molecule is C/C=C/C1C(=O)C(OC)C(OC)C(=O)C1C. The molecule has 0 heterocycles. The maximum atomic E-state index is 12.1. The van der Waals surface area contributed by atoms with E-state index < -0.39 is 18.1 Å². The van der Waals surface area contributed by atoms with Gasteiger partial charge in [0, 0.05) is 26.1 Å². The summed E-state index contributed by atoms with van der Waals surface area (Å²) in [7, 11) is 2.84. The van der Waals surface area contributed by atoms with E-state index in [1.807, 2.05) is 6.92 Å². The van der Waals surface area contributed by atoms with E-state index in [9.17, 15) is 9.59 Å². The first-order valence-corrected chi connectivity index (χ1v) is 5.34. The van der Waals surface area contributed by atoms with Gasteiger partial charge in [0.15, 0.2) is 11.6 Å². The molecule has 1 rings (SSSR count). The Hall–Kier alpha value is -1.00. The van der Waals surface area contributed by atoms with Gasteiger partial charge in [-0.1, -0.05) is 19.1 Å². The van der Waals surface area contributed by atoms with E-state index in [0.717, 1.165) is 0 Å². The van der Waals surface area contributed by atoms with Gasteiger partial charge in [-0.15, -0.1) is 0 Å². The van der Waals surface area contributed by atoms with Crippen LogP contribution in [0, 0.1) is 11.8 Å². The molecule has 4 heteroatoms. The molecule has 1 aliphatic carbocycles. The van der Waals surface area contributed by atoms with Crippen molar-refractivity contribution in [3.8, 4) is 0 Å². The first kappa shape index (κ1) is 13.1. The fourth-order valence-electron chi connectivity index (χ4n) is 2.12. The van der Waals surface area contributed by atoms with Crippen LogP contribution in [-0.4, -0.2) is 38.0 Å². The zero-order valence-electron chi connectivity index (χ0n) is 10.1. The summed E-state index contributed by atoms with van der Waals surface area (Å²) in [4.78, 5) is 24.0. The molecule has 1 fully saturated rings. The molecule has 0 N–H and O–H groups in total. The van der Waals surface area contributed by atoms with Crippen LogP contribution in [0.4, 0.5) is 0 Å². The molecule has 4 atom stereocenters. The standard InChI is InChI=1S/C12H18O4/c1-5-6-8-7(2)9(13)11(15-3)12(16-4)10(8)14/h5-8,11-12H,1-4H3/b6-5+. The predicted octanol–water partition coefficient (Wildman–Crippen LogP) is 0.997. The lowest BCUT2D eigenvalue weighted by Crippen LogP contribution is -2.54. The van der Waals surface area contributed by atoms with Crippen molar-refractivity contribution in [2.24, 2.45) is 11.8 Å². The highest BCUT2D eigenvalue weighted by Crippen LogP contribution is 2.28. The van der Waals surface area contributed by atoms with E-state index in [-0.39, 0.29) is 17.5 Å². The fourth-order valence-corrected chi connectivity index (χ4v) is 2.12. The normalized spacial score (nSPS) is 36.0. The quantitative estimate of drug-likeness (QED) is 0.674. The Morgan fingerprint density at radius 1 is 1.06 bits per heavy atom. The number of allylic oxidation sites excluding steroid dienone is 2. The minimum absolute atomic E-state index is 0.0722. The largest absolute Gasteiger partial charge is 0.370 e. The van der Waals surface area contributed by atoms with Crippen LogP contribution in [-0.2, 0) is 19.1 Å². The number of hydrogen-bond donors (Lipinski definition) is 0. The highest BCUT2D eigenvalue weighted by atomic mass is 16.5. The number of ether oxygens (including phenoxy) is 2. The van der Waals surface area contributed by atoms with Crippen LogP contribution in [0.2, 0.25) is 0 Å². The molecular weight excluding hydrogens is 208 g/mol. The molecule has 0 amide bonds. The molecule has 1 aliphatic rings. The van der Waals surface area contributed by atoms with E-state index in [1.165, 1.54) is 14.2 Å². The Morgan fingerprint density at radius 2 is 1.56 bits per heavy atom. The molecule has 0 bridgehead atoms. The van der Waals surface area contributed by atoms with Crippen molar-refractivity contribution in [1.29, 1.82) is 0 Å². The second kappa shape index (κ2) is 5.37. The Morgan fingerprint density at radius 3 is 2.00 bits per heavy atom. The van der Waals surface area contributed by atoms with Gasteiger partial charge in [0.1, 0.15) is 12.2 Å². The Kier molecular flexibility index (Phi) is 4.38. The van der Waals surface area contributed by atoms with Gasteiger partial charge in [-0.25, -0.2) is 0 Å². The number of ketones is 2. The number of carbonyl (C=O) groups excluding carboxylic acids is 2. The first-order chi connectivity index (χ1) is 7.58. The van der Waals surface area contributed by atoms with Crippen LogP contribution in [0.3, 0.4) is 0 Å². The fraction of sp³-hybridized carbons (Fsp3) is 0.667. The molecule has 0 aliphatic heterocycles. The highest BCUT2D eigenvalue weighted by molar-refractivity contribution is 6.03. The summed E-state index contributed by atoms with van der Waals surface area (Å²) < 4.78 is 10.1. The summed E-state index contributed by atoms with van der Waals surface area (Å²) in [6.07, 6.45) is 1.98. The molecule has 0 aromatic carbocycles. The van der Waals surface area contributed by atoms with E-state index in [1.54, 1.807) is 19.1 Å². The summed E-state index contributed by atoms with van der Waals surface area (Å²) >= 11 is 0. The van der Waals surface area contributed by atoms with Crippen LogP contribution in [0.25, 0.3) is 0 Å². The second-order valence-electron chi connectivity index (χ2n) is 3.96. The summed E-state index contributed by atoms with van der Waals surface area (Å²) in [5.74, 6) is -0.898. The summed E-state index contributed by atoms with van der Waals surface area (Å²) in [6.45, 7) is 3.58. The van der Waals surface area contributed by atoms with Crippen molar-refractivity contribution in [3.63, 3.8) is 0 Å². The van der Waals surface area contributed by atoms with Crippen molar-refractivity contribution < 1.29 is 19.1 Å². The van der Waals surface area contributed by atoms with Crippen LogP contribution in [0.1, 0.15) is 13.8 Å². The zero-order valence-corrected chi connectivity index (χ0v) is 10.1. The third-order valence-electron chi connectivity index (χ3n) is 3.06. The number of rotatable bonds is 3. The zero-order chi connectivity index (χ0) is 12.3. The number of carbonyl (C=O) groups is 2. The average molecular weight is 226 g/mol. The molecule has 0 radical (unpaired) electrons. The van der Waals surface area contributed by atoms with Gasteiger partial charge in [0.05, 0.1) is 0 Å². The number of Topliss-reactive ketones (excluding diaryl/α,β-unsaturated/α-hetero) is 2. The molecule has 4 unspecified atom stereocenters. The Bertz CT molecular complexity index is 308. The Labute approximate surface area is 95.6 Å². The first-order valence-electron chi connectivity index (χ1n) is 5.34. The van der Waals surface area contributed by atoms with Gasteiger partial charge in [0.2, 0.25) is 0 Å². The van der Waals surface area contributed by atoms with Crippen molar-refractivity contribution in [2.75, 3.05) is 14.2 Å². The van der Waals surface area contributed by atoms with Crippen molar-refractivity contribution in [3.05, 3.63) is 12.2 Å². The summed E-state index contributed by atoms with van der Waals surface area (Å²) in [6, 6.07) is 0. The molecular formula is C12H18O4. The molecule has 90 valence electrons. The lowest BCUT2D eigenvalue weighted by molar-refractivity contribution is -0.161. The average Bonchev–Trinajstić information content (AvgIpc) is 2.29. The number of methoxy groups -OCH3 is 2. The molecule has 0 aromatic rings. The van der Waals surface area contributed by atoms with Gasteiger partial charge in [-0.2, -0.15) is 0 Å². The van der Waals surface area contributed by atoms with E-state index >= 15 is 0 Å². The van der Waals surface area contributed by atoms with Crippen LogP contribution < -0.4 is 0 Å². The monoisotopic (exact) mass is 226 g/mol. The van der Waals surface area contributed by atoms with E-state index in [2.05, 4.69) is 0 Å². The van der Waals surface area contributed by atoms with Crippen molar-refractivity contribution in [1.82, 2.24) is 0 Å². The third-order valence-corrected chi connectivity index (χ3v) is 3.06. The second-order valence-corrected chi connectivity index (χ2v) is 3.96. The van der Waals surface area contributed by atoms with Gasteiger partial charge in [-0.05, 0) is 6.92 Å². The smallest absolute Gasteiger partial charge is 0.172 e. The van der Waals surface area contributed by atoms with Gasteiger partial charge >= 0.3 is 0 Å². The topological polar surface area (TPSA) is 52.6 Å². The van der Waals surface area contributed by atoms with Crippen LogP contribution in [0.5, 0.6) is 0 Å². The third kappa shape index (κ3) is 2.08. The van der Waals surface area contributed by atoms with E-state index in [4.69, 9.17) is 9.47 Å². The summed E-state index contributed by atoms with van der Waals surface area (Å²) in [5.41, 5.74) is 0. The molecule has 4 nitrogen and oxygen atoms in total. The van der Waals surface area contributed by atoms with Crippen molar-refractivity contribution in [2.45, 2.75) is 26.1 Å². The minimum Gasteiger partial charge on any atom is -0.370 e. The summed E-state index contributed by atoms with van der Waals surface area (Å²) in [5, 5.41) is 0. The molecule has 1 saturated carbocycles. The lowest BCUT2D eigenvalue weighted by Gasteiger charge is -2.34. The Balaban J connectivity index is 3.04. The maximum absolute atomic E-state index is 12.1. The van der Waals surface area contributed by atoms with Crippen molar-refractivity contribution >= 4 is 11.6 Å². The van der Waals surface area contributed by atoms with Crippen LogP contribution in [0.15, 0.2) is 12.2 Å². The maximum Gasteiger partial charge on any atom is 0.172 e. The van der Waals surface area contributed by atoms with E-state index in [0.29, 0.717) is 0 Å². The van der Waals surface area contributed by atoms with Crippen LogP contribution >= 0.6 is 0 Å². The van der Waals surface area contributed by atoms with Gasteiger partial charge in [0.25, 0.3) is 0 Å². The predicted molar refractivity (Wildman–Crippen MR) is 59.1 cm³/mol. The van der Waals surface area contributed by atoms with Gasteiger partial charge < -0.3 is 9.47 Å². The van der Waals surface area contributed by atoms with Gasteiger partial charge in [-0.3, -0.25) is 9.59 Å². The molecule has 0 aromatic heterocycles. The minimum atomic E-state index is -0.783. The lowest BCUT2D eigenvalue weighted by atomic mass is 9.75.